The van der Waals surface area contributed by atoms with Crippen LogP contribution in [0.25, 0.3) is 5.69 Å². The van der Waals surface area contributed by atoms with E-state index in [1.54, 1.807) is 11.8 Å². The molecule has 1 aromatic heterocycles. The van der Waals surface area contributed by atoms with Crippen LogP contribution in [0.1, 0.15) is 34.2 Å². The molecule has 1 heterocycles. The van der Waals surface area contributed by atoms with Crippen LogP contribution in [0.5, 0.6) is 5.75 Å². The molecule has 0 fully saturated rings. The van der Waals surface area contributed by atoms with E-state index < -0.39 is 0 Å². The fourth-order valence-corrected chi connectivity index (χ4v) is 2.77. The molecule has 7 nitrogen and oxygen atoms in total. The molecule has 1 amide bonds. The summed E-state index contributed by atoms with van der Waals surface area (Å²) in [6, 6.07) is 15.4. The lowest BCUT2D eigenvalue weighted by Gasteiger charge is -2.07. The van der Waals surface area contributed by atoms with Crippen molar-refractivity contribution in [3.63, 3.8) is 0 Å². The molecule has 28 heavy (non-hydrogen) atoms. The number of carbonyl (C=O) groups excluding carboxylic acids is 1. The monoisotopic (exact) mass is 380 g/mol. The Morgan fingerprint density at radius 1 is 1.14 bits per heavy atom. The normalized spacial score (nSPS) is 10.7. The van der Waals surface area contributed by atoms with Gasteiger partial charge in [0.15, 0.2) is 5.69 Å². The van der Waals surface area contributed by atoms with Crippen LogP contribution in [-0.2, 0) is 17.9 Å². The number of nitrogens with zero attached hydrogens (tertiary/aromatic N) is 3. The van der Waals surface area contributed by atoms with Crippen molar-refractivity contribution in [2.45, 2.75) is 27.0 Å². The number of aromatic nitrogens is 3. The second-order valence-electron chi connectivity index (χ2n) is 6.27. The summed E-state index contributed by atoms with van der Waals surface area (Å²) >= 11 is 0. The molecule has 0 aliphatic rings. The Morgan fingerprint density at radius 3 is 2.61 bits per heavy atom. The van der Waals surface area contributed by atoms with Gasteiger partial charge < -0.3 is 14.8 Å². The maximum absolute atomic E-state index is 12.5. The minimum Gasteiger partial charge on any atom is -0.497 e. The topological polar surface area (TPSA) is 78.3 Å². The summed E-state index contributed by atoms with van der Waals surface area (Å²) in [5.74, 6) is 0.455. The number of nitrogens with one attached hydrogen (secondary N) is 1. The maximum Gasteiger partial charge on any atom is 0.274 e. The van der Waals surface area contributed by atoms with Crippen molar-refractivity contribution >= 4 is 5.91 Å². The molecule has 3 rings (SSSR count). The fraction of sp³-hybridized carbons (Fsp3) is 0.286. The van der Waals surface area contributed by atoms with Crippen LogP contribution in [0, 0.1) is 6.92 Å². The molecular weight excluding hydrogens is 356 g/mol. The molecule has 0 unspecified atom stereocenters. The molecule has 3 aromatic rings. The SMILES string of the molecule is CCOCc1ccc(CNC(=O)c2nnn(-c3cccc(OC)c3)c2C)cc1. The summed E-state index contributed by atoms with van der Waals surface area (Å²) in [5, 5.41) is 11.1. The van der Waals surface area contributed by atoms with Gasteiger partial charge in [0.25, 0.3) is 5.91 Å². The summed E-state index contributed by atoms with van der Waals surface area (Å²) in [6.07, 6.45) is 0. The first-order valence-electron chi connectivity index (χ1n) is 9.13. The van der Waals surface area contributed by atoms with Crippen LogP contribution in [0.15, 0.2) is 48.5 Å². The molecule has 1 N–H and O–H groups in total. The lowest BCUT2D eigenvalue weighted by atomic mass is 10.1. The third-order valence-corrected chi connectivity index (χ3v) is 4.36. The largest absolute Gasteiger partial charge is 0.497 e. The molecule has 146 valence electrons. The molecule has 0 aliphatic heterocycles. The zero-order valence-electron chi connectivity index (χ0n) is 16.3. The highest BCUT2D eigenvalue weighted by molar-refractivity contribution is 5.93. The van der Waals surface area contributed by atoms with Gasteiger partial charge in [0.1, 0.15) is 5.75 Å². The number of carbonyl (C=O) groups is 1. The molecule has 0 bridgehead atoms. The lowest BCUT2D eigenvalue weighted by Crippen LogP contribution is -2.24. The van der Waals surface area contributed by atoms with Gasteiger partial charge in [-0.05, 0) is 37.1 Å². The number of hydrogen-bond acceptors (Lipinski definition) is 5. The summed E-state index contributed by atoms with van der Waals surface area (Å²) in [5.41, 5.74) is 3.86. The second kappa shape index (κ2) is 9.14. The highest BCUT2D eigenvalue weighted by Crippen LogP contribution is 2.18. The number of ether oxygens (including phenoxy) is 2. The molecule has 7 heteroatoms. The van der Waals surface area contributed by atoms with Gasteiger partial charge in [-0.1, -0.05) is 35.5 Å². The van der Waals surface area contributed by atoms with Crippen molar-refractivity contribution in [2.24, 2.45) is 0 Å². The number of methoxy groups -OCH3 is 1. The quantitative estimate of drug-likeness (QED) is 0.650. The summed E-state index contributed by atoms with van der Waals surface area (Å²) in [7, 11) is 1.61. The standard InChI is InChI=1S/C21H24N4O3/c1-4-28-14-17-10-8-16(9-11-17)13-22-21(26)20-15(2)25(24-23-20)18-6-5-7-19(12-18)27-3/h5-12H,4,13-14H2,1-3H3,(H,22,26). The third-order valence-electron chi connectivity index (χ3n) is 4.36. The third kappa shape index (κ3) is 4.55. The van der Waals surface area contributed by atoms with Crippen molar-refractivity contribution in [3.05, 3.63) is 71.0 Å². The fourth-order valence-electron chi connectivity index (χ4n) is 2.77. The first kappa shape index (κ1) is 19.6. The van der Waals surface area contributed by atoms with Crippen molar-refractivity contribution in [1.29, 1.82) is 0 Å². The minimum atomic E-state index is -0.259. The maximum atomic E-state index is 12.5. The van der Waals surface area contributed by atoms with Crippen LogP contribution in [0.2, 0.25) is 0 Å². The highest BCUT2D eigenvalue weighted by Gasteiger charge is 2.17. The Balaban J connectivity index is 1.66. The number of amides is 1. The number of benzene rings is 2. The first-order valence-corrected chi connectivity index (χ1v) is 9.13. The Morgan fingerprint density at radius 2 is 1.89 bits per heavy atom. The van der Waals surface area contributed by atoms with Crippen LogP contribution < -0.4 is 10.1 Å². The van der Waals surface area contributed by atoms with E-state index in [9.17, 15) is 4.79 Å². The zero-order valence-corrected chi connectivity index (χ0v) is 16.3. The van der Waals surface area contributed by atoms with E-state index >= 15 is 0 Å². The van der Waals surface area contributed by atoms with E-state index in [1.807, 2.05) is 62.4 Å². The van der Waals surface area contributed by atoms with Crippen molar-refractivity contribution < 1.29 is 14.3 Å². The van der Waals surface area contributed by atoms with Crippen LogP contribution in [0.3, 0.4) is 0 Å². The Bertz CT molecular complexity index is 935. The van der Waals surface area contributed by atoms with Gasteiger partial charge in [0, 0.05) is 19.2 Å². The Hall–Kier alpha value is -3.19. The summed E-state index contributed by atoms with van der Waals surface area (Å²) < 4.78 is 12.3. The number of hydrogen-bond donors (Lipinski definition) is 1. The predicted molar refractivity (Wildman–Crippen MR) is 106 cm³/mol. The van der Waals surface area contributed by atoms with Crippen LogP contribution in [0.4, 0.5) is 0 Å². The first-order chi connectivity index (χ1) is 13.6. The van der Waals surface area contributed by atoms with E-state index in [4.69, 9.17) is 9.47 Å². The smallest absolute Gasteiger partial charge is 0.274 e. The molecular formula is C21H24N4O3. The van der Waals surface area contributed by atoms with Gasteiger partial charge in [0.05, 0.1) is 25.1 Å². The van der Waals surface area contributed by atoms with E-state index in [-0.39, 0.29) is 5.91 Å². The Labute approximate surface area is 164 Å². The van der Waals surface area contributed by atoms with Gasteiger partial charge in [-0.2, -0.15) is 0 Å². The lowest BCUT2D eigenvalue weighted by molar-refractivity contribution is 0.0945. The minimum absolute atomic E-state index is 0.259. The van der Waals surface area contributed by atoms with Crippen molar-refractivity contribution in [2.75, 3.05) is 13.7 Å². The average Bonchev–Trinajstić information content (AvgIpc) is 3.12. The van der Waals surface area contributed by atoms with Crippen LogP contribution in [-0.4, -0.2) is 34.6 Å². The molecule has 0 spiro atoms. The molecule has 0 saturated heterocycles. The molecule has 2 aromatic carbocycles. The molecule has 0 saturated carbocycles. The zero-order chi connectivity index (χ0) is 19.9. The van der Waals surface area contributed by atoms with Gasteiger partial charge in [0.2, 0.25) is 0 Å². The Kier molecular flexibility index (Phi) is 6.39. The highest BCUT2D eigenvalue weighted by atomic mass is 16.5. The molecule has 0 radical (unpaired) electrons. The summed E-state index contributed by atoms with van der Waals surface area (Å²) in [6.45, 7) is 5.48. The summed E-state index contributed by atoms with van der Waals surface area (Å²) in [4.78, 5) is 12.5. The van der Waals surface area contributed by atoms with Gasteiger partial charge in [-0.25, -0.2) is 4.68 Å². The van der Waals surface area contributed by atoms with Gasteiger partial charge in [-0.15, -0.1) is 5.10 Å². The molecule has 0 atom stereocenters. The van der Waals surface area contributed by atoms with E-state index in [1.165, 1.54) is 0 Å². The molecule has 0 aliphatic carbocycles. The van der Waals surface area contributed by atoms with E-state index in [0.29, 0.717) is 36.9 Å². The van der Waals surface area contributed by atoms with Crippen molar-refractivity contribution in [3.8, 4) is 11.4 Å². The predicted octanol–water partition coefficient (Wildman–Crippen LogP) is 3.05. The van der Waals surface area contributed by atoms with Crippen molar-refractivity contribution in [1.82, 2.24) is 20.3 Å². The van der Waals surface area contributed by atoms with E-state index in [2.05, 4.69) is 15.6 Å². The number of rotatable bonds is 8. The van der Waals surface area contributed by atoms with Crippen LogP contribution >= 0.6 is 0 Å². The average molecular weight is 380 g/mol. The van der Waals surface area contributed by atoms with E-state index in [0.717, 1.165) is 16.8 Å². The van der Waals surface area contributed by atoms with Gasteiger partial charge >= 0.3 is 0 Å². The second-order valence-corrected chi connectivity index (χ2v) is 6.27. The van der Waals surface area contributed by atoms with Gasteiger partial charge in [-0.3, -0.25) is 4.79 Å².